The van der Waals surface area contributed by atoms with Crippen LogP contribution >= 0.6 is 0 Å². The number of rotatable bonds is 3. The molecule has 0 aromatic heterocycles. The predicted octanol–water partition coefficient (Wildman–Crippen LogP) is 1.11. The molecule has 0 saturated carbocycles. The topological polar surface area (TPSA) is 49.2 Å². The summed E-state index contributed by atoms with van der Waals surface area (Å²) in [5, 5.41) is 2.97. The average Bonchev–Trinajstić information content (AvgIpc) is 2.14. The first-order chi connectivity index (χ1) is 7.30. The lowest BCUT2D eigenvalue weighted by atomic mass is 10.2. The van der Waals surface area contributed by atoms with Crippen LogP contribution in [0.5, 0.6) is 0 Å². The van der Waals surface area contributed by atoms with Gasteiger partial charge in [-0.05, 0) is 24.6 Å². The molecule has 0 atom stereocenters. The number of benzene rings is 1. The minimum absolute atomic E-state index is 0.325. The third kappa shape index (κ3) is 3.34. The number of nitrogens with zero attached hydrogens (tertiary/aromatic N) is 1. The van der Waals surface area contributed by atoms with Crippen molar-refractivity contribution < 1.29 is 13.0 Å². The van der Waals surface area contributed by atoms with Gasteiger partial charge in [0.15, 0.2) is 9.84 Å². The molecule has 0 unspecified atom stereocenters. The van der Waals surface area contributed by atoms with Gasteiger partial charge < -0.3 is 0 Å². The van der Waals surface area contributed by atoms with Crippen molar-refractivity contribution in [1.82, 2.24) is 0 Å². The molecule has 1 rings (SSSR count). The van der Waals surface area contributed by atoms with E-state index in [4.69, 9.17) is 0 Å². The Bertz CT molecular complexity index is 515. The molecule has 16 heavy (non-hydrogen) atoms. The summed E-state index contributed by atoms with van der Waals surface area (Å²) in [7, 11) is 0.520. The smallest absolute Gasteiger partial charge is 0.236 e. The molecule has 0 aliphatic heterocycles. The van der Waals surface area contributed by atoms with Gasteiger partial charge in [0.2, 0.25) is 6.34 Å². The fourth-order valence-corrected chi connectivity index (χ4v) is 2.18. The van der Waals surface area contributed by atoms with Crippen molar-refractivity contribution in [3.8, 4) is 0 Å². The van der Waals surface area contributed by atoms with E-state index in [-0.39, 0.29) is 0 Å². The predicted molar refractivity (Wildman–Crippen MR) is 66.1 cm³/mol. The number of sulfone groups is 1. The second-order valence-corrected chi connectivity index (χ2v) is 5.99. The molecule has 1 aromatic rings. The third-order valence-electron chi connectivity index (χ3n) is 2.01. The van der Waals surface area contributed by atoms with E-state index in [1.165, 1.54) is 6.26 Å². The highest BCUT2D eigenvalue weighted by atomic mass is 32.2. The van der Waals surface area contributed by atoms with Crippen molar-refractivity contribution >= 4 is 21.9 Å². The summed E-state index contributed by atoms with van der Waals surface area (Å²) in [6, 6.07) is 5.31. The van der Waals surface area contributed by atoms with Crippen molar-refractivity contribution in [3.63, 3.8) is 0 Å². The number of hydrogen-bond acceptors (Lipinski definition) is 2. The Hall–Kier alpha value is -1.36. The number of aryl methyl sites for hydroxylation is 1. The summed E-state index contributed by atoms with van der Waals surface area (Å²) in [6.07, 6.45) is 2.92. The number of nitrogens with one attached hydrogen (secondary N) is 1. The third-order valence-corrected chi connectivity index (χ3v) is 3.15. The van der Waals surface area contributed by atoms with Gasteiger partial charge in [0.1, 0.15) is 10.6 Å². The van der Waals surface area contributed by atoms with E-state index in [0.29, 0.717) is 10.6 Å². The SMILES string of the molecule is Cc1ccc(NC=[N+](C)C)c(S(C)(=O)=O)c1. The Labute approximate surface area is 96.5 Å². The molecular formula is C11H17N2O2S+. The van der Waals surface area contributed by atoms with Crippen LogP contribution in [0.25, 0.3) is 0 Å². The van der Waals surface area contributed by atoms with Gasteiger partial charge in [0.05, 0.1) is 14.1 Å². The zero-order valence-electron chi connectivity index (χ0n) is 9.98. The van der Waals surface area contributed by atoms with E-state index in [1.807, 2.05) is 31.7 Å². The summed E-state index contributed by atoms with van der Waals surface area (Å²) in [4.78, 5) is 0.325. The van der Waals surface area contributed by atoms with E-state index in [9.17, 15) is 8.42 Å². The molecule has 5 heteroatoms. The molecule has 0 spiro atoms. The van der Waals surface area contributed by atoms with Crippen LogP contribution < -0.4 is 5.32 Å². The van der Waals surface area contributed by atoms with E-state index in [2.05, 4.69) is 5.32 Å². The van der Waals surface area contributed by atoms with Gasteiger partial charge in [-0.3, -0.25) is 4.58 Å². The Kier molecular flexibility index (Phi) is 3.70. The number of hydrogen-bond donors (Lipinski definition) is 1. The summed E-state index contributed by atoms with van der Waals surface area (Å²) in [5.74, 6) is 0. The lowest BCUT2D eigenvalue weighted by Gasteiger charge is -2.04. The molecular weight excluding hydrogens is 224 g/mol. The van der Waals surface area contributed by atoms with Crippen LogP contribution in [-0.2, 0) is 9.84 Å². The van der Waals surface area contributed by atoms with E-state index in [0.717, 1.165) is 5.56 Å². The fourth-order valence-electron chi connectivity index (χ4n) is 1.25. The molecule has 1 N–H and O–H groups in total. The lowest BCUT2D eigenvalue weighted by molar-refractivity contribution is -0.459. The second kappa shape index (κ2) is 4.65. The van der Waals surface area contributed by atoms with Crippen LogP contribution in [0.4, 0.5) is 5.69 Å². The van der Waals surface area contributed by atoms with Crippen molar-refractivity contribution in [3.05, 3.63) is 23.8 Å². The van der Waals surface area contributed by atoms with Crippen molar-refractivity contribution in [2.45, 2.75) is 11.8 Å². The van der Waals surface area contributed by atoms with Gasteiger partial charge in [0.25, 0.3) is 0 Å². The van der Waals surface area contributed by atoms with E-state index < -0.39 is 9.84 Å². The molecule has 88 valence electrons. The maximum atomic E-state index is 11.6. The Balaban J connectivity index is 3.24. The summed E-state index contributed by atoms with van der Waals surface area (Å²) >= 11 is 0. The highest BCUT2D eigenvalue weighted by molar-refractivity contribution is 7.90. The van der Waals surface area contributed by atoms with Crippen LogP contribution in [0.3, 0.4) is 0 Å². The quantitative estimate of drug-likeness (QED) is 0.490. The molecule has 0 saturated heterocycles. The van der Waals surface area contributed by atoms with Gasteiger partial charge in [-0.15, -0.1) is 0 Å². The zero-order valence-corrected chi connectivity index (χ0v) is 10.8. The van der Waals surface area contributed by atoms with Crippen molar-refractivity contribution in [2.75, 3.05) is 25.7 Å². The van der Waals surface area contributed by atoms with Gasteiger partial charge >= 0.3 is 0 Å². The standard InChI is InChI=1S/C11H16N2O2S/c1-9-5-6-10(12-8-13(2)3)11(7-9)16(4,14)15/h5-8H,1-4H3/p+1. The summed E-state index contributed by atoms with van der Waals surface area (Å²) in [5.41, 5.74) is 1.53. The molecule has 0 heterocycles. The molecule has 0 amide bonds. The maximum absolute atomic E-state index is 11.6. The van der Waals surface area contributed by atoms with Crippen LogP contribution in [0.2, 0.25) is 0 Å². The average molecular weight is 241 g/mol. The molecule has 0 radical (unpaired) electrons. The minimum atomic E-state index is -3.20. The Morgan fingerprint density at radius 2 is 1.94 bits per heavy atom. The first-order valence-electron chi connectivity index (χ1n) is 4.88. The summed E-state index contributed by atoms with van der Waals surface area (Å²) < 4.78 is 25.0. The van der Waals surface area contributed by atoms with Crippen LogP contribution in [0.1, 0.15) is 5.56 Å². The second-order valence-electron chi connectivity index (χ2n) is 4.01. The largest absolute Gasteiger partial charge is 0.273 e. The molecule has 0 aliphatic rings. The number of anilines is 1. The molecule has 4 nitrogen and oxygen atoms in total. The van der Waals surface area contributed by atoms with Crippen LogP contribution in [0, 0.1) is 6.92 Å². The van der Waals surface area contributed by atoms with E-state index in [1.54, 1.807) is 18.5 Å². The van der Waals surface area contributed by atoms with E-state index >= 15 is 0 Å². The minimum Gasteiger partial charge on any atom is -0.273 e. The normalized spacial score (nSPS) is 11.0. The molecule has 0 fully saturated rings. The highest BCUT2D eigenvalue weighted by Gasteiger charge is 2.15. The van der Waals surface area contributed by atoms with Gasteiger partial charge in [-0.2, -0.15) is 0 Å². The van der Waals surface area contributed by atoms with Gasteiger partial charge in [-0.1, -0.05) is 6.07 Å². The molecule has 1 aromatic carbocycles. The van der Waals surface area contributed by atoms with Gasteiger partial charge in [0, 0.05) is 6.26 Å². The zero-order chi connectivity index (χ0) is 12.3. The Morgan fingerprint density at radius 1 is 1.31 bits per heavy atom. The monoisotopic (exact) mass is 241 g/mol. The maximum Gasteiger partial charge on any atom is 0.236 e. The first-order valence-corrected chi connectivity index (χ1v) is 6.77. The van der Waals surface area contributed by atoms with Crippen molar-refractivity contribution in [2.24, 2.45) is 0 Å². The fraction of sp³-hybridized carbons (Fsp3) is 0.364. The lowest BCUT2D eigenvalue weighted by Crippen LogP contribution is -2.10. The highest BCUT2D eigenvalue weighted by Crippen LogP contribution is 2.21. The van der Waals surface area contributed by atoms with Crippen LogP contribution in [0.15, 0.2) is 23.1 Å². The van der Waals surface area contributed by atoms with Crippen molar-refractivity contribution in [1.29, 1.82) is 0 Å². The molecule has 0 bridgehead atoms. The Morgan fingerprint density at radius 3 is 2.44 bits per heavy atom. The first kappa shape index (κ1) is 12.7. The van der Waals surface area contributed by atoms with Gasteiger partial charge in [-0.25, -0.2) is 13.7 Å². The van der Waals surface area contributed by atoms with Crippen LogP contribution in [-0.4, -0.2) is 39.7 Å². The molecule has 0 aliphatic carbocycles. The summed E-state index contributed by atoms with van der Waals surface area (Å²) in [6.45, 7) is 1.87.